The van der Waals surface area contributed by atoms with Gasteiger partial charge in [-0.1, -0.05) is 69.0 Å². The van der Waals surface area contributed by atoms with Gasteiger partial charge in [-0.05, 0) is 55.3 Å². The lowest BCUT2D eigenvalue weighted by Crippen LogP contribution is -2.35. The Bertz CT molecular complexity index is 592. The molecular weight excluding hydrogens is 296 g/mol. The fraction of sp³-hybridized carbons (Fsp3) is 0.381. The van der Waals surface area contributed by atoms with Crippen molar-refractivity contribution in [3.8, 4) is 0 Å². The molecule has 0 heterocycles. The lowest BCUT2D eigenvalue weighted by atomic mass is 10.1. The predicted octanol–water partition coefficient (Wildman–Crippen LogP) is 6.73. The average molecular weight is 327 g/mol. The molecule has 0 aliphatic carbocycles. The summed E-state index contributed by atoms with van der Waals surface area (Å²) >= 11 is 0. The zero-order chi connectivity index (χ0) is 17.3. The summed E-state index contributed by atoms with van der Waals surface area (Å²) in [5.74, 6) is 0.870. The molecule has 0 saturated heterocycles. The first-order valence-corrected chi connectivity index (χ1v) is 11.0. The van der Waals surface area contributed by atoms with Gasteiger partial charge in [0.05, 0.1) is 0 Å². The van der Waals surface area contributed by atoms with Crippen molar-refractivity contribution in [2.75, 3.05) is 0 Å². The highest BCUT2D eigenvalue weighted by Crippen LogP contribution is 2.28. The van der Waals surface area contributed by atoms with E-state index in [1.165, 1.54) is 5.56 Å². The minimum atomic E-state index is -1.72. The van der Waals surface area contributed by atoms with E-state index in [1.54, 1.807) is 0 Å². The van der Waals surface area contributed by atoms with Gasteiger partial charge in [0, 0.05) is 0 Å². The van der Waals surface area contributed by atoms with Crippen molar-refractivity contribution in [3.05, 3.63) is 71.2 Å². The van der Waals surface area contributed by atoms with Gasteiger partial charge in [0.1, 0.15) is 0 Å². The van der Waals surface area contributed by atoms with Gasteiger partial charge in [-0.3, -0.25) is 0 Å². The lowest BCUT2D eigenvalue weighted by Gasteiger charge is -2.30. The van der Waals surface area contributed by atoms with Crippen LogP contribution < -0.4 is 0 Å². The molecule has 2 heteroatoms. The molecule has 0 aliphatic rings. The predicted molar refractivity (Wildman–Crippen MR) is 105 cm³/mol. The minimum absolute atomic E-state index is 0.870. The van der Waals surface area contributed by atoms with Crippen LogP contribution in [0.3, 0.4) is 0 Å². The van der Waals surface area contributed by atoms with E-state index in [1.807, 2.05) is 19.1 Å². The zero-order valence-electron chi connectivity index (χ0n) is 15.3. The summed E-state index contributed by atoms with van der Waals surface area (Å²) in [6, 6.07) is 13.7. The molecule has 0 unspecified atom stereocenters. The van der Waals surface area contributed by atoms with Crippen LogP contribution in [-0.4, -0.2) is 8.32 Å². The van der Waals surface area contributed by atoms with E-state index in [-0.39, 0.29) is 0 Å². The Balaban J connectivity index is 3.24. The third-order valence-electron chi connectivity index (χ3n) is 4.24. The van der Waals surface area contributed by atoms with Gasteiger partial charge in [0.15, 0.2) is 5.76 Å². The fourth-order valence-electron chi connectivity index (χ4n) is 2.46. The Hall–Kier alpha value is -1.76. The highest BCUT2D eigenvalue weighted by atomic mass is 28.4. The van der Waals surface area contributed by atoms with E-state index < -0.39 is 8.32 Å². The second-order valence-corrected chi connectivity index (χ2v) is 10.7. The molecule has 0 amide bonds. The zero-order valence-corrected chi connectivity index (χ0v) is 16.3. The monoisotopic (exact) mass is 326 g/mol. The first-order valence-electron chi connectivity index (χ1n) is 8.51. The quantitative estimate of drug-likeness (QED) is 0.223. The summed E-state index contributed by atoms with van der Waals surface area (Å²) < 4.78 is 6.57. The van der Waals surface area contributed by atoms with Crippen LogP contribution in [0.2, 0.25) is 18.1 Å². The standard InChI is InChI=1S/C21H30OSi/c1-7-23(8-2,9-3)22-21(16-15-18(4)5)19(6)17-20-13-11-10-12-14-20/h10-15,17H,4,7-9H2,1-3,5-6H3/b19-17+. The molecule has 1 aromatic carbocycles. The van der Waals surface area contributed by atoms with Crippen LogP contribution in [0.25, 0.3) is 6.08 Å². The molecule has 0 bridgehead atoms. The Morgan fingerprint density at radius 3 is 2.13 bits per heavy atom. The van der Waals surface area contributed by atoms with Crippen LogP contribution in [0.5, 0.6) is 0 Å². The van der Waals surface area contributed by atoms with Crippen molar-refractivity contribution in [1.82, 2.24) is 0 Å². The maximum absolute atomic E-state index is 6.57. The van der Waals surface area contributed by atoms with E-state index >= 15 is 0 Å². The van der Waals surface area contributed by atoms with E-state index in [0.29, 0.717) is 0 Å². The van der Waals surface area contributed by atoms with E-state index in [4.69, 9.17) is 4.43 Å². The van der Waals surface area contributed by atoms with Gasteiger partial charge in [-0.25, -0.2) is 0 Å². The summed E-state index contributed by atoms with van der Waals surface area (Å²) in [6.07, 6.45) is 4.08. The lowest BCUT2D eigenvalue weighted by molar-refractivity contribution is 0.417. The first kappa shape index (κ1) is 19.3. The van der Waals surface area contributed by atoms with Crippen LogP contribution in [0.1, 0.15) is 40.2 Å². The molecule has 0 saturated carbocycles. The molecule has 1 nitrogen and oxygen atoms in total. The fourth-order valence-corrected chi connectivity index (χ4v) is 5.05. The first-order chi connectivity index (χ1) is 11.0. The SMILES string of the molecule is C=C(C)C=C=C(O[Si](CC)(CC)CC)/C(C)=C/c1ccccc1. The van der Waals surface area contributed by atoms with E-state index in [2.05, 4.69) is 70.3 Å². The summed E-state index contributed by atoms with van der Waals surface area (Å²) in [5.41, 5.74) is 6.61. The molecule has 0 radical (unpaired) electrons. The summed E-state index contributed by atoms with van der Waals surface area (Å²) in [6.45, 7) is 14.7. The maximum Gasteiger partial charge on any atom is 0.251 e. The highest BCUT2D eigenvalue weighted by Gasteiger charge is 2.31. The maximum atomic E-state index is 6.57. The van der Waals surface area contributed by atoms with Gasteiger partial charge in [-0.2, -0.15) is 0 Å². The van der Waals surface area contributed by atoms with Crippen molar-refractivity contribution in [2.24, 2.45) is 0 Å². The van der Waals surface area contributed by atoms with Crippen LogP contribution in [0, 0.1) is 0 Å². The van der Waals surface area contributed by atoms with Gasteiger partial charge in [0.2, 0.25) is 0 Å². The largest absolute Gasteiger partial charge is 0.538 e. The molecule has 0 aromatic heterocycles. The highest BCUT2D eigenvalue weighted by molar-refractivity contribution is 6.73. The third-order valence-corrected chi connectivity index (χ3v) is 8.75. The molecule has 1 rings (SSSR count). The third kappa shape index (κ3) is 6.09. The molecule has 0 atom stereocenters. The van der Waals surface area contributed by atoms with Crippen LogP contribution >= 0.6 is 0 Å². The minimum Gasteiger partial charge on any atom is -0.538 e. The molecule has 0 spiro atoms. The van der Waals surface area contributed by atoms with Gasteiger partial charge in [0.25, 0.3) is 8.32 Å². The number of rotatable bonds is 8. The van der Waals surface area contributed by atoms with E-state index in [0.717, 1.165) is 35.0 Å². The number of hydrogen-bond acceptors (Lipinski definition) is 1. The van der Waals surface area contributed by atoms with E-state index in [9.17, 15) is 0 Å². The van der Waals surface area contributed by atoms with Crippen molar-refractivity contribution < 1.29 is 4.43 Å². The molecule has 23 heavy (non-hydrogen) atoms. The van der Waals surface area contributed by atoms with Crippen LogP contribution in [-0.2, 0) is 4.43 Å². The summed E-state index contributed by atoms with van der Waals surface area (Å²) in [4.78, 5) is 0. The average Bonchev–Trinajstić information content (AvgIpc) is 2.56. The van der Waals surface area contributed by atoms with Gasteiger partial charge < -0.3 is 4.43 Å². The molecular formula is C21H30OSi. The molecule has 124 valence electrons. The summed E-state index contributed by atoms with van der Waals surface area (Å²) in [7, 11) is -1.72. The van der Waals surface area contributed by atoms with Crippen LogP contribution in [0.15, 0.2) is 65.6 Å². The molecule has 0 N–H and O–H groups in total. The van der Waals surface area contributed by atoms with Crippen molar-refractivity contribution in [2.45, 2.75) is 52.8 Å². The van der Waals surface area contributed by atoms with Crippen molar-refractivity contribution >= 4 is 14.4 Å². The molecule has 1 aromatic rings. The Morgan fingerprint density at radius 2 is 1.65 bits per heavy atom. The second kappa shape index (κ2) is 9.39. The number of allylic oxidation sites excluding steroid dienone is 2. The number of hydrogen-bond donors (Lipinski definition) is 0. The number of benzene rings is 1. The molecule has 0 fully saturated rings. The second-order valence-electron chi connectivity index (χ2n) is 6.05. The summed E-state index contributed by atoms with van der Waals surface area (Å²) in [5, 5.41) is 0. The van der Waals surface area contributed by atoms with Crippen molar-refractivity contribution in [3.63, 3.8) is 0 Å². The smallest absolute Gasteiger partial charge is 0.251 e. The van der Waals surface area contributed by atoms with Crippen molar-refractivity contribution in [1.29, 1.82) is 0 Å². The van der Waals surface area contributed by atoms with Gasteiger partial charge in [-0.15, -0.1) is 0 Å². The van der Waals surface area contributed by atoms with Crippen LogP contribution in [0.4, 0.5) is 0 Å². The Kier molecular flexibility index (Phi) is 7.87. The Labute approximate surface area is 143 Å². The topological polar surface area (TPSA) is 9.23 Å². The normalized spacial score (nSPS) is 11.6. The molecule has 0 aliphatic heterocycles. The Morgan fingerprint density at radius 1 is 1.09 bits per heavy atom. The van der Waals surface area contributed by atoms with Gasteiger partial charge >= 0.3 is 0 Å².